The van der Waals surface area contributed by atoms with Crippen LogP contribution in [0.1, 0.15) is 46.1 Å². The van der Waals surface area contributed by atoms with Crippen molar-refractivity contribution in [2.24, 2.45) is 0 Å². The van der Waals surface area contributed by atoms with Gasteiger partial charge in [0.1, 0.15) is 11.6 Å². The van der Waals surface area contributed by atoms with Crippen LogP contribution < -0.4 is 15.5 Å². The van der Waals surface area contributed by atoms with Gasteiger partial charge in [-0.05, 0) is 51.2 Å². The molecule has 0 radical (unpaired) electrons. The highest BCUT2D eigenvalue weighted by molar-refractivity contribution is 7.89. The minimum atomic E-state index is -4.36. The van der Waals surface area contributed by atoms with E-state index in [1.807, 2.05) is 7.05 Å². The van der Waals surface area contributed by atoms with Crippen LogP contribution in [0.5, 0.6) is 0 Å². The number of aromatic amines is 2. The molecule has 13 nitrogen and oxygen atoms in total. The summed E-state index contributed by atoms with van der Waals surface area (Å²) in [7, 11) is -2.31. The van der Waals surface area contributed by atoms with Crippen molar-refractivity contribution in [3.05, 3.63) is 83.1 Å². The fourth-order valence-corrected chi connectivity index (χ4v) is 7.39. The number of piperazine rings is 1. The van der Waals surface area contributed by atoms with Crippen molar-refractivity contribution in [2.75, 3.05) is 48.8 Å². The van der Waals surface area contributed by atoms with Gasteiger partial charge in [-0.2, -0.15) is 9.40 Å². The van der Waals surface area contributed by atoms with E-state index in [0.29, 0.717) is 17.3 Å². The number of hydrogen-bond acceptors (Lipinski definition) is 8. The first-order valence-corrected chi connectivity index (χ1v) is 15.5. The van der Waals surface area contributed by atoms with Crippen molar-refractivity contribution < 1.29 is 26.8 Å². The number of H-pyrrole nitrogens is 2. The summed E-state index contributed by atoms with van der Waals surface area (Å²) < 4.78 is 56.0. The molecule has 236 valence electrons. The molecule has 16 heteroatoms. The van der Waals surface area contributed by atoms with Crippen molar-refractivity contribution in [3.8, 4) is 0 Å². The number of rotatable bonds is 7. The van der Waals surface area contributed by atoms with Crippen LogP contribution in [-0.2, 0) is 22.1 Å². The highest BCUT2D eigenvalue weighted by Gasteiger charge is 2.48. The lowest BCUT2D eigenvalue weighted by atomic mass is 10.0. The third-order valence-electron chi connectivity index (χ3n) is 8.14. The van der Waals surface area contributed by atoms with Crippen molar-refractivity contribution in [1.29, 1.82) is 0 Å². The highest BCUT2D eigenvalue weighted by Crippen LogP contribution is 2.44. The van der Waals surface area contributed by atoms with Gasteiger partial charge in [0, 0.05) is 62.4 Å². The Kier molecular flexibility index (Phi) is 7.66. The fourth-order valence-electron chi connectivity index (χ4n) is 5.63. The molecule has 4 heterocycles. The molecule has 2 aromatic carbocycles. The maximum absolute atomic E-state index is 13.9. The topological polar surface area (TPSA) is 159 Å². The van der Waals surface area contributed by atoms with Gasteiger partial charge in [0.2, 0.25) is 10.0 Å². The summed E-state index contributed by atoms with van der Waals surface area (Å²) in [5.41, 5.74) is 0.821. The van der Waals surface area contributed by atoms with Gasteiger partial charge in [-0.3, -0.25) is 14.7 Å². The van der Waals surface area contributed by atoms with E-state index in [1.165, 1.54) is 12.4 Å². The highest BCUT2D eigenvalue weighted by atomic mass is 32.2. The number of benzene rings is 2. The summed E-state index contributed by atoms with van der Waals surface area (Å²) in [5.74, 6) is -3.03. The molecule has 1 fully saturated rings. The van der Waals surface area contributed by atoms with Crippen molar-refractivity contribution in [2.45, 2.75) is 30.8 Å². The van der Waals surface area contributed by atoms with E-state index in [2.05, 4.69) is 40.6 Å². The molecule has 2 aliphatic rings. The van der Waals surface area contributed by atoms with Crippen LogP contribution in [-0.4, -0.2) is 82.8 Å². The number of nitrogens with one attached hydrogen (secondary N) is 4. The number of carbonyl (C=O) groups is 2. The summed E-state index contributed by atoms with van der Waals surface area (Å²) in [6.07, 6.45) is 2.95. The molecule has 2 amide bonds. The standard InChI is InChI=1S/C29H31F2N9O4S/c1-29(2)24-22(16-40(29)45(43,44)20-13-17(30)12-18(31)14-20)25(37-36-24)35-27(41)21-5-4-19(39-10-8-38(3)9-11-39)15-23(21)34-28(42)26-32-6-7-33-26/h4-7,12-15H,8-11,16H2,1-3H3,(H,32,33)(H,34,42)(H2,35,36,37,41). The molecule has 4 N–H and O–H groups in total. The lowest BCUT2D eigenvalue weighted by Crippen LogP contribution is -2.44. The van der Waals surface area contributed by atoms with Gasteiger partial charge in [-0.1, -0.05) is 0 Å². The largest absolute Gasteiger partial charge is 0.369 e. The second kappa shape index (κ2) is 11.4. The molecule has 0 aliphatic carbocycles. The van der Waals surface area contributed by atoms with E-state index < -0.39 is 43.9 Å². The first kappa shape index (κ1) is 30.4. The number of amides is 2. The number of imidazole rings is 1. The monoisotopic (exact) mass is 639 g/mol. The number of sulfonamides is 1. The Morgan fingerprint density at radius 1 is 0.978 bits per heavy atom. The van der Waals surface area contributed by atoms with Crippen LogP contribution in [0.3, 0.4) is 0 Å². The predicted molar refractivity (Wildman–Crippen MR) is 161 cm³/mol. The van der Waals surface area contributed by atoms with E-state index >= 15 is 0 Å². The number of likely N-dealkylation sites (N-methyl/N-ethyl adjacent to an activating group) is 1. The van der Waals surface area contributed by atoms with Gasteiger partial charge >= 0.3 is 0 Å². The Balaban J connectivity index is 1.29. The quantitative estimate of drug-likeness (QED) is 0.240. The van der Waals surface area contributed by atoms with Crippen LogP contribution in [0, 0.1) is 11.6 Å². The molecular formula is C29H31F2N9O4S. The predicted octanol–water partition coefficient (Wildman–Crippen LogP) is 3.11. The molecule has 2 aliphatic heterocycles. The zero-order chi connectivity index (χ0) is 32.1. The first-order valence-electron chi connectivity index (χ1n) is 14.1. The molecule has 2 aromatic heterocycles. The van der Waals surface area contributed by atoms with Crippen LogP contribution in [0.25, 0.3) is 0 Å². The third kappa shape index (κ3) is 5.67. The third-order valence-corrected chi connectivity index (χ3v) is 10.1. The normalized spacial score (nSPS) is 16.9. The van der Waals surface area contributed by atoms with Gasteiger partial charge in [-0.25, -0.2) is 22.2 Å². The van der Waals surface area contributed by atoms with Crippen LogP contribution >= 0.6 is 0 Å². The SMILES string of the molecule is CN1CCN(c2ccc(C(=O)Nc3n[nH]c4c3CN(S(=O)(=O)c3cc(F)cc(F)c3)C4(C)C)c(NC(=O)c3ncc[nH]3)c2)CC1. The molecule has 0 unspecified atom stereocenters. The van der Waals surface area contributed by atoms with Gasteiger partial charge in [0.05, 0.1) is 27.4 Å². The summed E-state index contributed by atoms with van der Waals surface area (Å²) in [6, 6.07) is 7.24. The summed E-state index contributed by atoms with van der Waals surface area (Å²) >= 11 is 0. The molecule has 4 aromatic rings. The number of hydrogen-bond donors (Lipinski definition) is 4. The zero-order valence-electron chi connectivity index (χ0n) is 24.7. The van der Waals surface area contributed by atoms with E-state index in [-0.39, 0.29) is 29.4 Å². The minimum Gasteiger partial charge on any atom is -0.369 e. The molecule has 0 bridgehead atoms. The second-order valence-electron chi connectivity index (χ2n) is 11.5. The number of halogens is 2. The summed E-state index contributed by atoms with van der Waals surface area (Å²) in [6.45, 7) is 6.27. The van der Waals surface area contributed by atoms with Crippen LogP contribution in [0.4, 0.5) is 26.0 Å². The lowest BCUT2D eigenvalue weighted by Gasteiger charge is -2.34. The zero-order valence-corrected chi connectivity index (χ0v) is 25.5. The van der Waals surface area contributed by atoms with Gasteiger partial charge in [0.15, 0.2) is 11.6 Å². The maximum atomic E-state index is 13.9. The Morgan fingerprint density at radius 3 is 2.36 bits per heavy atom. The Labute approximate surface area is 257 Å². The van der Waals surface area contributed by atoms with Crippen molar-refractivity contribution >= 4 is 39.0 Å². The fraction of sp³-hybridized carbons (Fsp3) is 0.310. The average Bonchev–Trinajstić information content (AvgIpc) is 3.72. The number of carbonyl (C=O) groups excluding carboxylic acids is 2. The second-order valence-corrected chi connectivity index (χ2v) is 13.3. The molecule has 0 spiro atoms. The summed E-state index contributed by atoms with van der Waals surface area (Å²) in [5, 5.41) is 12.6. The molecule has 1 saturated heterocycles. The van der Waals surface area contributed by atoms with E-state index in [9.17, 15) is 26.8 Å². The van der Waals surface area contributed by atoms with Gasteiger partial charge < -0.3 is 25.4 Å². The number of anilines is 3. The Bertz CT molecular complexity index is 1860. The minimum absolute atomic E-state index is 0.0678. The molecular weight excluding hydrogens is 608 g/mol. The molecule has 0 saturated carbocycles. The van der Waals surface area contributed by atoms with Crippen molar-refractivity contribution in [3.63, 3.8) is 0 Å². The smallest absolute Gasteiger partial charge is 0.291 e. The Morgan fingerprint density at radius 2 is 1.69 bits per heavy atom. The van der Waals surface area contributed by atoms with E-state index in [0.717, 1.165) is 48.3 Å². The van der Waals surface area contributed by atoms with E-state index in [1.54, 1.807) is 32.0 Å². The maximum Gasteiger partial charge on any atom is 0.291 e. The van der Waals surface area contributed by atoms with Gasteiger partial charge in [0.25, 0.3) is 11.8 Å². The number of nitrogens with zero attached hydrogens (tertiary/aromatic N) is 5. The van der Waals surface area contributed by atoms with Crippen molar-refractivity contribution in [1.82, 2.24) is 29.4 Å². The molecule has 0 atom stereocenters. The van der Waals surface area contributed by atoms with Crippen LogP contribution in [0.15, 0.2) is 53.7 Å². The number of aromatic nitrogens is 4. The summed E-state index contributed by atoms with van der Waals surface area (Å²) in [4.78, 5) is 37.2. The van der Waals surface area contributed by atoms with E-state index in [4.69, 9.17) is 0 Å². The number of fused-ring (bicyclic) bond motifs is 1. The average molecular weight is 640 g/mol. The van der Waals surface area contributed by atoms with Gasteiger partial charge in [-0.15, -0.1) is 0 Å². The molecule has 45 heavy (non-hydrogen) atoms. The Hall–Kier alpha value is -4.67. The van der Waals surface area contributed by atoms with Crippen LogP contribution in [0.2, 0.25) is 0 Å². The lowest BCUT2D eigenvalue weighted by molar-refractivity contribution is 0.101. The molecule has 6 rings (SSSR count). The first-order chi connectivity index (χ1) is 21.3.